The maximum absolute atomic E-state index is 12.1. The largest absolute Gasteiger partial charge is 0.465 e. The van der Waals surface area contributed by atoms with Crippen molar-refractivity contribution in [3.8, 4) is 0 Å². The molecule has 1 aliphatic carbocycles. The molecule has 0 spiro atoms. The summed E-state index contributed by atoms with van der Waals surface area (Å²) in [4.78, 5) is 24.6. The molecular weight excluding hydrogens is 238 g/mol. The van der Waals surface area contributed by atoms with Crippen LogP contribution in [0.1, 0.15) is 45.9 Å². The van der Waals surface area contributed by atoms with E-state index in [1.54, 1.807) is 0 Å². The minimum absolute atomic E-state index is 0.00963. The van der Waals surface area contributed by atoms with Crippen LogP contribution >= 0.6 is 11.3 Å². The van der Waals surface area contributed by atoms with Crippen molar-refractivity contribution in [2.75, 3.05) is 12.8 Å². The number of rotatable bonds is 1. The Balaban J connectivity index is 2.57. The molecule has 2 rings (SSSR count). The van der Waals surface area contributed by atoms with Gasteiger partial charge in [0, 0.05) is 16.9 Å². The molecule has 0 bridgehead atoms. The van der Waals surface area contributed by atoms with Crippen LogP contribution in [0.15, 0.2) is 0 Å². The van der Waals surface area contributed by atoms with Crippen LogP contribution in [0.25, 0.3) is 0 Å². The van der Waals surface area contributed by atoms with Gasteiger partial charge in [0.15, 0.2) is 5.78 Å². The van der Waals surface area contributed by atoms with Gasteiger partial charge in [-0.3, -0.25) is 4.79 Å². The van der Waals surface area contributed by atoms with E-state index >= 15 is 0 Å². The summed E-state index contributed by atoms with van der Waals surface area (Å²) in [6, 6.07) is 0. The first kappa shape index (κ1) is 12.1. The first-order chi connectivity index (χ1) is 7.85. The van der Waals surface area contributed by atoms with Gasteiger partial charge in [0.1, 0.15) is 10.6 Å². The third kappa shape index (κ3) is 1.95. The fraction of sp³-hybridized carbons (Fsp3) is 0.500. The molecule has 1 aromatic rings. The van der Waals surface area contributed by atoms with Gasteiger partial charge in [-0.25, -0.2) is 4.79 Å². The first-order valence-corrected chi connectivity index (χ1v) is 6.20. The Morgan fingerprint density at radius 1 is 1.41 bits per heavy atom. The van der Waals surface area contributed by atoms with Gasteiger partial charge in [-0.15, -0.1) is 11.3 Å². The Kier molecular flexibility index (Phi) is 2.73. The lowest BCUT2D eigenvalue weighted by atomic mass is 9.76. The van der Waals surface area contributed by atoms with Crippen LogP contribution in [0.2, 0.25) is 0 Å². The van der Waals surface area contributed by atoms with Crippen LogP contribution in [0.3, 0.4) is 0 Å². The number of ketones is 1. The van der Waals surface area contributed by atoms with Crippen molar-refractivity contribution >= 4 is 28.1 Å². The second-order valence-corrected chi connectivity index (χ2v) is 6.21. The molecule has 0 saturated heterocycles. The highest BCUT2D eigenvalue weighted by atomic mass is 32.1. The van der Waals surface area contributed by atoms with Gasteiger partial charge in [0.05, 0.1) is 7.11 Å². The van der Waals surface area contributed by atoms with Gasteiger partial charge in [-0.2, -0.15) is 0 Å². The highest BCUT2D eigenvalue weighted by Gasteiger charge is 2.37. The number of thiophene rings is 1. The van der Waals surface area contributed by atoms with Gasteiger partial charge in [-0.1, -0.05) is 13.8 Å². The number of carbonyl (C=O) groups is 2. The van der Waals surface area contributed by atoms with Crippen LogP contribution in [0.5, 0.6) is 0 Å². The number of Topliss-reactive ketones (excluding diaryl/α,β-unsaturated/α-hetero) is 1. The lowest BCUT2D eigenvalue weighted by Gasteiger charge is -2.28. The van der Waals surface area contributed by atoms with Crippen LogP contribution < -0.4 is 5.73 Å². The second kappa shape index (κ2) is 3.84. The topological polar surface area (TPSA) is 69.4 Å². The van der Waals surface area contributed by atoms with Crippen molar-refractivity contribution in [2.45, 2.75) is 26.7 Å². The predicted octanol–water partition coefficient (Wildman–Crippen LogP) is 2.27. The molecule has 92 valence electrons. The highest BCUT2D eigenvalue weighted by Crippen LogP contribution is 2.42. The molecule has 0 radical (unpaired) electrons. The van der Waals surface area contributed by atoms with E-state index in [-0.39, 0.29) is 16.8 Å². The SMILES string of the molecule is COC(=O)c1c(N)sc2c1C(=O)CC(C)(C)C2. The molecule has 4 nitrogen and oxygen atoms in total. The molecule has 0 amide bonds. The lowest BCUT2D eigenvalue weighted by molar-refractivity contribution is 0.0596. The fourth-order valence-electron chi connectivity index (χ4n) is 2.24. The van der Waals surface area contributed by atoms with E-state index in [4.69, 9.17) is 5.73 Å². The quantitative estimate of drug-likeness (QED) is 0.779. The molecular formula is C12H15NO3S. The minimum atomic E-state index is -0.520. The van der Waals surface area contributed by atoms with E-state index in [1.807, 2.05) is 13.8 Å². The summed E-state index contributed by atoms with van der Waals surface area (Å²) >= 11 is 1.32. The molecule has 0 saturated carbocycles. The zero-order valence-corrected chi connectivity index (χ0v) is 10.9. The molecule has 0 aliphatic heterocycles. The maximum Gasteiger partial charge on any atom is 0.341 e. The summed E-state index contributed by atoms with van der Waals surface area (Å²) in [5, 5.41) is 0.382. The molecule has 0 atom stereocenters. The zero-order valence-electron chi connectivity index (χ0n) is 10.1. The summed E-state index contributed by atoms with van der Waals surface area (Å²) in [7, 11) is 1.29. The van der Waals surface area contributed by atoms with Crippen molar-refractivity contribution in [1.82, 2.24) is 0 Å². The highest BCUT2D eigenvalue weighted by molar-refractivity contribution is 7.16. The number of hydrogen-bond donors (Lipinski definition) is 1. The standard InChI is InChI=1S/C12H15NO3S/c1-12(2)4-6(14)8-7(5-12)17-10(13)9(8)11(15)16-3/h4-5,13H2,1-3H3. The van der Waals surface area contributed by atoms with Crippen molar-refractivity contribution < 1.29 is 14.3 Å². The number of hydrogen-bond acceptors (Lipinski definition) is 5. The lowest BCUT2D eigenvalue weighted by Crippen LogP contribution is -2.27. The average molecular weight is 253 g/mol. The first-order valence-electron chi connectivity index (χ1n) is 5.38. The Hall–Kier alpha value is -1.36. The Labute approximate surface area is 104 Å². The van der Waals surface area contributed by atoms with Crippen LogP contribution in [-0.4, -0.2) is 18.9 Å². The summed E-state index contributed by atoms with van der Waals surface area (Å²) in [6.45, 7) is 4.09. The molecule has 1 heterocycles. The van der Waals surface area contributed by atoms with Crippen LogP contribution in [0.4, 0.5) is 5.00 Å². The number of ether oxygens (including phenoxy) is 1. The van der Waals surface area contributed by atoms with Crippen molar-refractivity contribution in [3.05, 3.63) is 16.0 Å². The van der Waals surface area contributed by atoms with Gasteiger partial charge in [0.2, 0.25) is 0 Å². The monoisotopic (exact) mass is 253 g/mol. The van der Waals surface area contributed by atoms with E-state index in [0.717, 1.165) is 11.3 Å². The summed E-state index contributed by atoms with van der Waals surface area (Å²) in [6.07, 6.45) is 1.22. The van der Waals surface area contributed by atoms with E-state index in [0.29, 0.717) is 17.0 Å². The molecule has 17 heavy (non-hydrogen) atoms. The molecule has 2 N–H and O–H groups in total. The Bertz CT molecular complexity index is 502. The minimum Gasteiger partial charge on any atom is -0.465 e. The van der Waals surface area contributed by atoms with E-state index in [1.165, 1.54) is 18.4 Å². The summed E-state index contributed by atoms with van der Waals surface area (Å²) in [5.74, 6) is -0.530. The average Bonchev–Trinajstić information content (AvgIpc) is 2.51. The second-order valence-electron chi connectivity index (χ2n) is 5.07. The molecule has 5 heteroatoms. The van der Waals surface area contributed by atoms with Gasteiger partial charge >= 0.3 is 5.97 Å². The van der Waals surface area contributed by atoms with Crippen molar-refractivity contribution in [1.29, 1.82) is 0 Å². The maximum atomic E-state index is 12.1. The van der Waals surface area contributed by atoms with Crippen LogP contribution in [-0.2, 0) is 11.2 Å². The number of carbonyl (C=O) groups excluding carboxylic acids is 2. The third-order valence-electron chi connectivity index (χ3n) is 2.95. The van der Waals surface area contributed by atoms with Gasteiger partial charge < -0.3 is 10.5 Å². The number of nitrogen functional groups attached to an aromatic ring is 1. The van der Waals surface area contributed by atoms with E-state index in [9.17, 15) is 9.59 Å². The number of nitrogens with two attached hydrogens (primary N) is 1. The Morgan fingerprint density at radius 2 is 2.06 bits per heavy atom. The Morgan fingerprint density at radius 3 is 2.65 bits per heavy atom. The number of fused-ring (bicyclic) bond motifs is 1. The van der Waals surface area contributed by atoms with E-state index in [2.05, 4.69) is 4.74 Å². The predicted molar refractivity (Wildman–Crippen MR) is 66.5 cm³/mol. The number of esters is 1. The molecule has 0 unspecified atom stereocenters. The third-order valence-corrected chi connectivity index (χ3v) is 3.97. The number of anilines is 1. The van der Waals surface area contributed by atoms with Gasteiger partial charge in [-0.05, 0) is 11.8 Å². The summed E-state index contributed by atoms with van der Waals surface area (Å²) in [5.41, 5.74) is 6.50. The molecule has 0 fully saturated rings. The normalized spacial score (nSPS) is 17.7. The van der Waals surface area contributed by atoms with Gasteiger partial charge in [0.25, 0.3) is 0 Å². The zero-order chi connectivity index (χ0) is 12.8. The molecule has 1 aliphatic rings. The van der Waals surface area contributed by atoms with Crippen molar-refractivity contribution in [3.63, 3.8) is 0 Å². The smallest absolute Gasteiger partial charge is 0.341 e. The summed E-state index contributed by atoms with van der Waals surface area (Å²) < 4.78 is 4.68. The molecule has 0 aromatic carbocycles. The fourth-order valence-corrected chi connectivity index (χ4v) is 3.58. The molecule has 1 aromatic heterocycles. The van der Waals surface area contributed by atoms with Crippen LogP contribution in [0, 0.1) is 5.41 Å². The number of methoxy groups -OCH3 is 1. The van der Waals surface area contributed by atoms with Crippen molar-refractivity contribution in [2.24, 2.45) is 5.41 Å². The van der Waals surface area contributed by atoms with E-state index < -0.39 is 5.97 Å².